The van der Waals surface area contributed by atoms with E-state index in [0.717, 1.165) is 10.9 Å². The molecule has 154 valence electrons. The van der Waals surface area contributed by atoms with Gasteiger partial charge in [-0.15, -0.1) is 12.4 Å². The standard InChI is InChI=1S/C22H17BrFN3O2.ClH/c23-16-6-9-20(19(24)10-16)27-14-29-22-18-8-7-17(11-21(18)25-13-26-22)28-12-15-4-2-1-3-5-15;/h1-11,13,27H,12,14H2;1H. The Morgan fingerprint density at radius 1 is 0.933 bits per heavy atom. The molecule has 0 saturated carbocycles. The van der Waals surface area contributed by atoms with Crippen molar-refractivity contribution < 1.29 is 13.9 Å². The highest BCUT2D eigenvalue weighted by Crippen LogP contribution is 2.26. The maximum atomic E-state index is 13.9. The van der Waals surface area contributed by atoms with Crippen LogP contribution >= 0.6 is 28.3 Å². The van der Waals surface area contributed by atoms with Crippen molar-refractivity contribution >= 4 is 44.9 Å². The van der Waals surface area contributed by atoms with Crippen molar-refractivity contribution in [1.82, 2.24) is 9.97 Å². The molecule has 4 rings (SSSR count). The van der Waals surface area contributed by atoms with Crippen molar-refractivity contribution in [3.05, 3.63) is 88.9 Å². The van der Waals surface area contributed by atoms with E-state index in [2.05, 4.69) is 31.2 Å². The van der Waals surface area contributed by atoms with Crippen molar-refractivity contribution in [3.8, 4) is 11.6 Å². The molecule has 1 N–H and O–H groups in total. The highest BCUT2D eigenvalue weighted by atomic mass is 79.9. The van der Waals surface area contributed by atoms with Crippen LogP contribution in [0.4, 0.5) is 10.1 Å². The molecule has 4 aromatic rings. The Balaban J connectivity index is 0.00000256. The number of benzene rings is 3. The van der Waals surface area contributed by atoms with E-state index < -0.39 is 0 Å². The molecule has 1 aromatic heterocycles. The first kappa shape index (κ1) is 21.8. The van der Waals surface area contributed by atoms with E-state index in [1.54, 1.807) is 12.1 Å². The molecule has 0 radical (unpaired) electrons. The molecule has 0 bridgehead atoms. The molecule has 0 atom stereocenters. The van der Waals surface area contributed by atoms with Gasteiger partial charge in [0.15, 0.2) is 6.73 Å². The summed E-state index contributed by atoms with van der Waals surface area (Å²) in [6, 6.07) is 20.3. The van der Waals surface area contributed by atoms with Crippen LogP contribution in [0.3, 0.4) is 0 Å². The summed E-state index contributed by atoms with van der Waals surface area (Å²) in [4.78, 5) is 8.47. The largest absolute Gasteiger partial charge is 0.489 e. The summed E-state index contributed by atoms with van der Waals surface area (Å²) in [5.74, 6) is 0.756. The number of hydrogen-bond donors (Lipinski definition) is 1. The average molecular weight is 491 g/mol. The fourth-order valence-corrected chi connectivity index (χ4v) is 3.11. The third-order valence-electron chi connectivity index (χ3n) is 4.22. The van der Waals surface area contributed by atoms with Crippen molar-refractivity contribution in [2.45, 2.75) is 6.61 Å². The SMILES string of the molecule is Cl.Fc1cc(Br)ccc1NCOc1ncnc2cc(OCc3ccccc3)ccc12. The monoisotopic (exact) mass is 489 g/mol. The average Bonchev–Trinajstić information content (AvgIpc) is 2.74. The van der Waals surface area contributed by atoms with Crippen LogP contribution in [0.2, 0.25) is 0 Å². The van der Waals surface area contributed by atoms with Crippen LogP contribution in [0.1, 0.15) is 5.56 Å². The minimum Gasteiger partial charge on any atom is -0.489 e. The first-order chi connectivity index (χ1) is 14.2. The summed E-state index contributed by atoms with van der Waals surface area (Å²) in [6.45, 7) is 0.542. The number of ether oxygens (including phenoxy) is 2. The van der Waals surface area contributed by atoms with Crippen LogP contribution in [0, 0.1) is 5.82 Å². The van der Waals surface area contributed by atoms with Crippen LogP contribution in [0.5, 0.6) is 11.6 Å². The summed E-state index contributed by atoms with van der Waals surface area (Å²) in [6.07, 6.45) is 1.43. The van der Waals surface area contributed by atoms with E-state index >= 15 is 0 Å². The van der Waals surface area contributed by atoms with Gasteiger partial charge in [-0.3, -0.25) is 0 Å². The van der Waals surface area contributed by atoms with Crippen molar-refractivity contribution in [1.29, 1.82) is 0 Å². The van der Waals surface area contributed by atoms with E-state index in [0.29, 0.717) is 33.9 Å². The van der Waals surface area contributed by atoms with Gasteiger partial charge in [-0.25, -0.2) is 14.4 Å². The van der Waals surface area contributed by atoms with Crippen molar-refractivity contribution in [2.75, 3.05) is 12.0 Å². The Hall–Kier alpha value is -2.90. The zero-order chi connectivity index (χ0) is 20.1. The summed E-state index contributed by atoms with van der Waals surface area (Å²) in [7, 11) is 0. The van der Waals surface area contributed by atoms with E-state index in [4.69, 9.17) is 9.47 Å². The Morgan fingerprint density at radius 3 is 2.57 bits per heavy atom. The lowest BCUT2D eigenvalue weighted by Crippen LogP contribution is -2.11. The van der Waals surface area contributed by atoms with Crippen LogP contribution < -0.4 is 14.8 Å². The van der Waals surface area contributed by atoms with Gasteiger partial charge in [0, 0.05) is 10.5 Å². The van der Waals surface area contributed by atoms with Crippen molar-refractivity contribution in [3.63, 3.8) is 0 Å². The summed E-state index contributed by atoms with van der Waals surface area (Å²) in [5.41, 5.74) is 2.14. The lowest BCUT2D eigenvalue weighted by molar-refractivity contribution is 0.306. The number of hydrogen-bond acceptors (Lipinski definition) is 5. The predicted octanol–water partition coefficient (Wildman–Crippen LogP) is 5.98. The van der Waals surface area contributed by atoms with Gasteiger partial charge in [0.25, 0.3) is 0 Å². The van der Waals surface area contributed by atoms with Gasteiger partial charge in [0.05, 0.1) is 16.6 Å². The summed E-state index contributed by atoms with van der Waals surface area (Å²) >= 11 is 3.23. The molecule has 0 aliphatic carbocycles. The van der Waals surface area contributed by atoms with Gasteiger partial charge in [-0.2, -0.15) is 0 Å². The fourth-order valence-electron chi connectivity index (χ4n) is 2.77. The number of anilines is 1. The zero-order valence-electron chi connectivity index (χ0n) is 15.7. The number of halogens is 3. The molecule has 0 amide bonds. The van der Waals surface area contributed by atoms with Gasteiger partial charge < -0.3 is 14.8 Å². The van der Waals surface area contributed by atoms with E-state index in [1.807, 2.05) is 48.5 Å². The highest BCUT2D eigenvalue weighted by Gasteiger charge is 2.08. The Morgan fingerprint density at radius 2 is 1.77 bits per heavy atom. The van der Waals surface area contributed by atoms with Gasteiger partial charge in [0.2, 0.25) is 5.88 Å². The van der Waals surface area contributed by atoms with Gasteiger partial charge >= 0.3 is 0 Å². The van der Waals surface area contributed by atoms with Crippen LogP contribution in [-0.2, 0) is 6.61 Å². The van der Waals surface area contributed by atoms with E-state index in [9.17, 15) is 4.39 Å². The third kappa shape index (κ3) is 5.37. The van der Waals surface area contributed by atoms with E-state index in [1.165, 1.54) is 12.4 Å². The highest BCUT2D eigenvalue weighted by molar-refractivity contribution is 9.10. The lowest BCUT2D eigenvalue weighted by atomic mass is 10.2. The molecule has 3 aromatic carbocycles. The number of fused-ring (bicyclic) bond motifs is 1. The second-order valence-corrected chi connectivity index (χ2v) is 7.14. The number of nitrogens with zero attached hydrogens (tertiary/aromatic N) is 2. The Labute approximate surface area is 187 Å². The molecule has 0 saturated heterocycles. The number of nitrogens with one attached hydrogen (secondary N) is 1. The molecular weight excluding hydrogens is 473 g/mol. The fraction of sp³-hybridized carbons (Fsp3) is 0.0909. The molecule has 0 aliphatic rings. The zero-order valence-corrected chi connectivity index (χ0v) is 18.1. The minimum atomic E-state index is -0.365. The predicted molar refractivity (Wildman–Crippen MR) is 121 cm³/mol. The minimum absolute atomic E-state index is 0. The summed E-state index contributed by atoms with van der Waals surface area (Å²) < 4.78 is 26.1. The number of aromatic nitrogens is 2. The number of rotatable bonds is 7. The molecule has 30 heavy (non-hydrogen) atoms. The molecule has 5 nitrogen and oxygen atoms in total. The first-order valence-electron chi connectivity index (χ1n) is 8.92. The molecule has 0 unspecified atom stereocenters. The van der Waals surface area contributed by atoms with Crippen LogP contribution in [0.15, 0.2) is 77.5 Å². The van der Waals surface area contributed by atoms with Crippen LogP contribution in [0.25, 0.3) is 10.9 Å². The summed E-state index contributed by atoms with van der Waals surface area (Å²) in [5, 5.41) is 3.65. The normalized spacial score (nSPS) is 10.3. The molecule has 0 fully saturated rings. The topological polar surface area (TPSA) is 56.3 Å². The molecule has 1 heterocycles. The quantitative estimate of drug-likeness (QED) is 0.323. The Kier molecular flexibility index (Phi) is 7.43. The second kappa shape index (κ2) is 10.2. The maximum Gasteiger partial charge on any atom is 0.226 e. The van der Waals surface area contributed by atoms with E-state index in [-0.39, 0.29) is 25.0 Å². The van der Waals surface area contributed by atoms with Crippen molar-refractivity contribution in [2.24, 2.45) is 0 Å². The first-order valence-corrected chi connectivity index (χ1v) is 9.71. The van der Waals surface area contributed by atoms with Gasteiger partial charge in [0.1, 0.15) is 24.5 Å². The van der Waals surface area contributed by atoms with Gasteiger partial charge in [-0.05, 0) is 35.9 Å². The molecule has 0 aliphatic heterocycles. The second-order valence-electron chi connectivity index (χ2n) is 6.22. The maximum absolute atomic E-state index is 13.9. The lowest BCUT2D eigenvalue weighted by Gasteiger charge is -2.11. The molecular formula is C22H18BrClFN3O2. The Bertz CT molecular complexity index is 1130. The van der Waals surface area contributed by atoms with Crippen LogP contribution in [-0.4, -0.2) is 16.7 Å². The van der Waals surface area contributed by atoms with Gasteiger partial charge in [-0.1, -0.05) is 46.3 Å². The molecule has 0 spiro atoms. The smallest absolute Gasteiger partial charge is 0.226 e. The molecule has 8 heteroatoms. The third-order valence-corrected chi connectivity index (χ3v) is 4.72.